The molecule has 4 aromatic rings. The summed E-state index contributed by atoms with van der Waals surface area (Å²) in [6.07, 6.45) is 5.09. The highest BCUT2D eigenvalue weighted by molar-refractivity contribution is 7.09. The van der Waals surface area contributed by atoms with E-state index in [0.717, 1.165) is 42.7 Å². The van der Waals surface area contributed by atoms with Gasteiger partial charge in [0.2, 0.25) is 5.91 Å². The Labute approximate surface area is 174 Å². The third kappa shape index (κ3) is 3.47. The van der Waals surface area contributed by atoms with Crippen molar-refractivity contribution in [3.05, 3.63) is 88.0 Å². The highest BCUT2D eigenvalue weighted by atomic mass is 32.1. The third-order valence-electron chi connectivity index (χ3n) is 5.72. The van der Waals surface area contributed by atoms with Crippen LogP contribution in [0.4, 0.5) is 0 Å². The molecule has 4 heterocycles. The molecule has 1 aliphatic heterocycles. The smallest absolute Gasteiger partial charge is 0.223 e. The first-order valence-electron chi connectivity index (χ1n) is 10.1. The molecule has 0 unspecified atom stereocenters. The Morgan fingerprint density at radius 2 is 2.03 bits per heavy atom. The number of aryl methyl sites for hydroxylation is 1. The molecule has 5 heteroatoms. The number of nitrogens with one attached hydrogen (secondary N) is 1. The first-order chi connectivity index (χ1) is 14.3. The van der Waals surface area contributed by atoms with Crippen LogP contribution in [0.5, 0.6) is 0 Å². The summed E-state index contributed by atoms with van der Waals surface area (Å²) in [7, 11) is 0. The van der Waals surface area contributed by atoms with Crippen molar-refractivity contribution in [1.82, 2.24) is 14.9 Å². The third-order valence-corrected chi connectivity index (χ3v) is 6.65. The maximum absolute atomic E-state index is 13.2. The van der Waals surface area contributed by atoms with Crippen LogP contribution in [0.1, 0.15) is 40.7 Å². The SMILES string of the molecule is O=C(CCCc1cccs1)N1CCc2c([nH]c3ccccc23)[C@@H]1c1ccccn1. The van der Waals surface area contributed by atoms with Crippen molar-refractivity contribution in [2.45, 2.75) is 31.7 Å². The molecule has 5 rings (SSSR count). The molecule has 0 saturated heterocycles. The molecule has 0 aliphatic carbocycles. The number of para-hydroxylation sites is 1. The van der Waals surface area contributed by atoms with Crippen LogP contribution in [-0.4, -0.2) is 27.3 Å². The monoisotopic (exact) mass is 401 g/mol. The highest BCUT2D eigenvalue weighted by Crippen LogP contribution is 2.38. The van der Waals surface area contributed by atoms with E-state index < -0.39 is 0 Å². The van der Waals surface area contributed by atoms with Crippen molar-refractivity contribution < 1.29 is 4.79 Å². The minimum atomic E-state index is -0.151. The van der Waals surface area contributed by atoms with E-state index in [9.17, 15) is 4.79 Å². The average Bonchev–Trinajstić information content (AvgIpc) is 3.41. The molecular formula is C24H23N3OS. The Balaban J connectivity index is 1.45. The first-order valence-corrected chi connectivity index (χ1v) is 11.0. The predicted molar refractivity (Wildman–Crippen MR) is 117 cm³/mol. The number of aromatic amines is 1. The molecule has 29 heavy (non-hydrogen) atoms. The van der Waals surface area contributed by atoms with Crippen LogP contribution in [0, 0.1) is 0 Å². The number of nitrogens with zero attached hydrogens (tertiary/aromatic N) is 2. The van der Waals surface area contributed by atoms with Crippen molar-refractivity contribution >= 4 is 28.1 Å². The summed E-state index contributed by atoms with van der Waals surface area (Å²) < 4.78 is 0. The molecule has 0 radical (unpaired) electrons. The number of aromatic nitrogens is 2. The van der Waals surface area contributed by atoms with Crippen molar-refractivity contribution in [3.8, 4) is 0 Å². The molecule has 0 spiro atoms. The van der Waals surface area contributed by atoms with Gasteiger partial charge in [-0.05, 0) is 54.5 Å². The highest BCUT2D eigenvalue weighted by Gasteiger charge is 2.34. The van der Waals surface area contributed by atoms with Crippen molar-refractivity contribution in [3.63, 3.8) is 0 Å². The van der Waals surface area contributed by atoms with Gasteiger partial charge in [0.05, 0.1) is 5.69 Å². The second-order valence-electron chi connectivity index (χ2n) is 7.49. The van der Waals surface area contributed by atoms with E-state index in [0.29, 0.717) is 6.42 Å². The summed E-state index contributed by atoms with van der Waals surface area (Å²) in [5.41, 5.74) is 4.48. The Bertz CT molecular complexity index is 1120. The Kier molecular flexibility index (Phi) is 4.90. The Morgan fingerprint density at radius 3 is 2.86 bits per heavy atom. The van der Waals surface area contributed by atoms with Crippen LogP contribution in [0.25, 0.3) is 10.9 Å². The van der Waals surface area contributed by atoms with Gasteiger partial charge < -0.3 is 9.88 Å². The van der Waals surface area contributed by atoms with E-state index in [2.05, 4.69) is 45.7 Å². The van der Waals surface area contributed by atoms with Crippen molar-refractivity contribution in [2.24, 2.45) is 0 Å². The van der Waals surface area contributed by atoms with Gasteiger partial charge in [0.1, 0.15) is 6.04 Å². The first kappa shape index (κ1) is 18.1. The molecule has 0 fully saturated rings. The fraction of sp³-hybridized carbons (Fsp3) is 0.250. The minimum Gasteiger partial charge on any atom is -0.356 e. The molecule has 1 aromatic carbocycles. The zero-order valence-corrected chi connectivity index (χ0v) is 17.0. The quantitative estimate of drug-likeness (QED) is 0.504. The summed E-state index contributed by atoms with van der Waals surface area (Å²) in [6.45, 7) is 0.730. The molecule has 146 valence electrons. The number of hydrogen-bond donors (Lipinski definition) is 1. The number of carbonyl (C=O) groups is 1. The summed E-state index contributed by atoms with van der Waals surface area (Å²) >= 11 is 1.76. The lowest BCUT2D eigenvalue weighted by molar-refractivity contribution is -0.133. The number of thiophene rings is 1. The number of H-pyrrole nitrogens is 1. The topological polar surface area (TPSA) is 49.0 Å². The number of carbonyl (C=O) groups excluding carboxylic acids is 1. The van der Waals surface area contributed by atoms with Gasteiger partial charge in [-0.2, -0.15) is 0 Å². The number of fused-ring (bicyclic) bond motifs is 3. The summed E-state index contributed by atoms with van der Waals surface area (Å²) in [6, 6.07) is 18.4. The molecule has 3 aromatic heterocycles. The molecule has 1 N–H and O–H groups in total. The fourth-order valence-electron chi connectivity index (χ4n) is 4.37. The van der Waals surface area contributed by atoms with Crippen LogP contribution < -0.4 is 0 Å². The van der Waals surface area contributed by atoms with Crippen LogP contribution >= 0.6 is 11.3 Å². The van der Waals surface area contributed by atoms with Crippen LogP contribution in [0.3, 0.4) is 0 Å². The zero-order chi connectivity index (χ0) is 19.6. The van der Waals surface area contributed by atoms with E-state index in [1.54, 1.807) is 11.3 Å². The van der Waals surface area contributed by atoms with E-state index in [1.165, 1.54) is 15.8 Å². The number of benzene rings is 1. The van der Waals surface area contributed by atoms with Gasteiger partial charge in [-0.3, -0.25) is 9.78 Å². The summed E-state index contributed by atoms with van der Waals surface area (Å²) in [4.78, 5) is 24.8. The normalized spacial score (nSPS) is 16.1. The predicted octanol–water partition coefficient (Wildman–Crippen LogP) is 5.12. The van der Waals surface area contributed by atoms with E-state index in [4.69, 9.17) is 0 Å². The minimum absolute atomic E-state index is 0.151. The van der Waals surface area contributed by atoms with Crippen LogP contribution in [0.15, 0.2) is 66.2 Å². The standard InChI is InChI=1S/C24H23N3OS/c28-22(12-5-7-17-8-6-16-29-17)27-15-13-19-18-9-1-2-10-20(18)26-23(19)24(27)21-11-3-4-14-25-21/h1-4,6,8-11,14,16,24,26H,5,7,12-13,15H2/t24-/m0/s1. The molecule has 0 bridgehead atoms. The van der Waals surface area contributed by atoms with Gasteiger partial charge in [0, 0.05) is 40.6 Å². The molecule has 4 nitrogen and oxygen atoms in total. The summed E-state index contributed by atoms with van der Waals surface area (Å²) in [5.74, 6) is 0.210. The lowest BCUT2D eigenvalue weighted by Crippen LogP contribution is -2.40. The summed E-state index contributed by atoms with van der Waals surface area (Å²) in [5, 5.41) is 3.35. The fourth-order valence-corrected chi connectivity index (χ4v) is 5.12. The van der Waals surface area contributed by atoms with Crippen LogP contribution in [-0.2, 0) is 17.6 Å². The second-order valence-corrected chi connectivity index (χ2v) is 8.52. The van der Waals surface area contributed by atoms with E-state index >= 15 is 0 Å². The van der Waals surface area contributed by atoms with Crippen LogP contribution in [0.2, 0.25) is 0 Å². The zero-order valence-electron chi connectivity index (χ0n) is 16.2. The average molecular weight is 402 g/mol. The second kappa shape index (κ2) is 7.84. The van der Waals surface area contributed by atoms with E-state index in [-0.39, 0.29) is 11.9 Å². The number of rotatable bonds is 5. The lowest BCUT2D eigenvalue weighted by Gasteiger charge is -2.35. The number of amides is 1. The maximum atomic E-state index is 13.2. The van der Waals surface area contributed by atoms with Gasteiger partial charge >= 0.3 is 0 Å². The van der Waals surface area contributed by atoms with Crippen molar-refractivity contribution in [1.29, 1.82) is 0 Å². The Hall–Kier alpha value is -2.92. The van der Waals surface area contributed by atoms with E-state index in [1.807, 2.05) is 35.4 Å². The molecule has 1 amide bonds. The maximum Gasteiger partial charge on any atom is 0.223 e. The number of pyridine rings is 1. The number of hydrogen-bond acceptors (Lipinski definition) is 3. The van der Waals surface area contributed by atoms with Gasteiger partial charge in [-0.25, -0.2) is 0 Å². The van der Waals surface area contributed by atoms with Gasteiger partial charge in [0.25, 0.3) is 0 Å². The molecule has 1 aliphatic rings. The Morgan fingerprint density at radius 1 is 1.14 bits per heavy atom. The molecular weight excluding hydrogens is 378 g/mol. The molecule has 0 saturated carbocycles. The molecule has 1 atom stereocenters. The van der Waals surface area contributed by atoms with Crippen molar-refractivity contribution in [2.75, 3.05) is 6.54 Å². The largest absolute Gasteiger partial charge is 0.356 e. The lowest BCUT2D eigenvalue weighted by atomic mass is 9.94. The van der Waals surface area contributed by atoms with Gasteiger partial charge in [0.15, 0.2) is 0 Å². The van der Waals surface area contributed by atoms with Gasteiger partial charge in [-0.15, -0.1) is 11.3 Å². The van der Waals surface area contributed by atoms with Gasteiger partial charge in [-0.1, -0.05) is 30.3 Å².